The van der Waals surface area contributed by atoms with Crippen molar-refractivity contribution in [2.75, 3.05) is 50.8 Å². The van der Waals surface area contributed by atoms with Crippen LogP contribution in [0, 0.1) is 0 Å². The summed E-state index contributed by atoms with van der Waals surface area (Å²) in [7, 11) is 6.69. The van der Waals surface area contributed by atoms with E-state index in [1.807, 2.05) is 0 Å². The molecule has 0 aromatic rings. The van der Waals surface area contributed by atoms with Gasteiger partial charge in [0.05, 0.1) is 0 Å². The third kappa shape index (κ3) is 10.3. The molecule has 0 radical (unpaired) electrons. The van der Waals surface area contributed by atoms with Gasteiger partial charge in [-0.1, -0.05) is 0 Å². The monoisotopic (exact) mass is 348 g/mol. The molecule has 0 aromatic heterocycles. The van der Waals surface area contributed by atoms with Gasteiger partial charge in [0.2, 0.25) is 0 Å². The summed E-state index contributed by atoms with van der Waals surface area (Å²) in [4.78, 5) is 34.3. The average Bonchev–Trinajstić information content (AvgIpc) is 2.56. The number of rotatable bonds is 15. The van der Waals surface area contributed by atoms with E-state index >= 15 is 0 Å². The molecule has 9 heteroatoms. The fraction of sp³-hybridized carbons (Fsp3) is 0.600. The van der Waals surface area contributed by atoms with E-state index in [0.29, 0.717) is 26.2 Å². The van der Waals surface area contributed by atoms with Crippen molar-refractivity contribution >= 4 is 38.9 Å². The SMILES string of the molecule is B=NCC(=O)N(CC=C)CCCSCCN(CC=C)C(=O)CN=B. The van der Waals surface area contributed by atoms with Crippen LogP contribution >= 0.6 is 11.8 Å². The topological polar surface area (TPSA) is 65.3 Å². The molecule has 0 saturated carbocycles. The minimum absolute atomic E-state index is 0.0328. The molecule has 0 heterocycles. The molecule has 130 valence electrons. The van der Waals surface area contributed by atoms with Crippen LogP contribution in [0.25, 0.3) is 0 Å². The third-order valence-electron chi connectivity index (χ3n) is 3.12. The Kier molecular flexibility index (Phi) is 14.1. The quantitative estimate of drug-likeness (QED) is 0.243. The van der Waals surface area contributed by atoms with Crippen LogP contribution < -0.4 is 0 Å². The summed E-state index contributed by atoms with van der Waals surface area (Å²) in [5, 5.41) is 0. The Morgan fingerprint density at radius 3 is 1.88 bits per heavy atom. The molecule has 24 heavy (non-hydrogen) atoms. The van der Waals surface area contributed by atoms with E-state index in [0.717, 1.165) is 17.9 Å². The van der Waals surface area contributed by atoms with Gasteiger partial charge in [0, 0.05) is 0 Å². The molecule has 0 aliphatic rings. The van der Waals surface area contributed by atoms with Gasteiger partial charge in [0.25, 0.3) is 0 Å². The molecule has 0 fully saturated rings. The van der Waals surface area contributed by atoms with Crippen molar-refractivity contribution in [1.82, 2.24) is 9.80 Å². The Balaban J connectivity index is 4.04. The van der Waals surface area contributed by atoms with Crippen molar-refractivity contribution in [3.05, 3.63) is 25.3 Å². The van der Waals surface area contributed by atoms with Gasteiger partial charge in [-0.2, -0.15) is 0 Å². The second-order valence-corrected chi connectivity index (χ2v) is 6.21. The van der Waals surface area contributed by atoms with E-state index in [1.165, 1.54) is 0 Å². The van der Waals surface area contributed by atoms with Crippen molar-refractivity contribution in [3.8, 4) is 0 Å². The van der Waals surface area contributed by atoms with Gasteiger partial charge in [0.1, 0.15) is 0 Å². The van der Waals surface area contributed by atoms with Gasteiger partial charge in [-0.25, -0.2) is 0 Å². The van der Waals surface area contributed by atoms with Gasteiger partial charge >= 0.3 is 151 Å². The van der Waals surface area contributed by atoms with E-state index in [9.17, 15) is 9.59 Å². The molecule has 0 atom stereocenters. The Morgan fingerprint density at radius 2 is 1.42 bits per heavy atom. The number of amides is 2. The molecule has 6 nitrogen and oxygen atoms in total. The summed E-state index contributed by atoms with van der Waals surface area (Å²) >= 11 is 1.75. The summed E-state index contributed by atoms with van der Waals surface area (Å²) in [6.07, 6.45) is 4.30. The second kappa shape index (κ2) is 15.1. The molecule has 0 N–H and O–H groups in total. The predicted octanol–water partition coefficient (Wildman–Crippen LogP) is 0.308. The van der Waals surface area contributed by atoms with Crippen LogP contribution in [0.3, 0.4) is 0 Å². The van der Waals surface area contributed by atoms with Crippen molar-refractivity contribution in [2.45, 2.75) is 6.42 Å². The third-order valence-corrected chi connectivity index (χ3v) is 4.17. The Hall–Kier alpha value is -1.50. The summed E-state index contributed by atoms with van der Waals surface area (Å²) in [6, 6.07) is 0. The Bertz CT molecular complexity index is 409. The predicted molar refractivity (Wildman–Crippen MR) is 104 cm³/mol. The first kappa shape index (κ1) is 22.5. The molecule has 0 aromatic carbocycles. The standard InChI is InChI=1S/C15H26B2N4O2S/c1-3-6-20(14(22)12-18-16)8-5-10-24-11-9-21(7-4-2)15(23)13-19-17/h3-4,16-17H,1-2,5-13H2. The first-order valence-electron chi connectivity index (χ1n) is 7.80. The summed E-state index contributed by atoms with van der Waals surface area (Å²) < 4.78 is 0. The molecular formula is C15H26B2N4O2S. The average molecular weight is 348 g/mol. The zero-order chi connectivity index (χ0) is 18.2. The summed E-state index contributed by atoms with van der Waals surface area (Å²) in [5.41, 5.74) is 0. The fourth-order valence-electron chi connectivity index (χ4n) is 1.97. The maximum atomic E-state index is 11.8. The van der Waals surface area contributed by atoms with Crippen LogP contribution in [0.5, 0.6) is 0 Å². The number of carbonyl (C=O) groups excluding carboxylic acids is 2. The van der Waals surface area contributed by atoms with E-state index < -0.39 is 0 Å². The van der Waals surface area contributed by atoms with Crippen molar-refractivity contribution < 1.29 is 9.59 Å². The fourth-order valence-corrected chi connectivity index (χ4v) is 2.86. The molecule has 0 saturated heterocycles. The van der Waals surface area contributed by atoms with E-state index in [1.54, 1.807) is 33.7 Å². The first-order valence-corrected chi connectivity index (χ1v) is 8.96. The van der Waals surface area contributed by atoms with Crippen molar-refractivity contribution in [2.24, 2.45) is 9.79 Å². The van der Waals surface area contributed by atoms with Crippen LogP contribution in [0.4, 0.5) is 0 Å². The van der Waals surface area contributed by atoms with Crippen LogP contribution in [0.2, 0.25) is 0 Å². The molecule has 0 unspecified atom stereocenters. The van der Waals surface area contributed by atoms with E-state index in [4.69, 9.17) is 0 Å². The van der Waals surface area contributed by atoms with Crippen LogP contribution in [-0.2, 0) is 9.59 Å². The first-order chi connectivity index (χ1) is 11.6. The zero-order valence-corrected chi connectivity index (χ0v) is 15.2. The molecule has 0 spiro atoms. The van der Waals surface area contributed by atoms with Crippen LogP contribution in [0.15, 0.2) is 35.1 Å². The van der Waals surface area contributed by atoms with Gasteiger partial charge in [0.15, 0.2) is 0 Å². The van der Waals surface area contributed by atoms with Crippen LogP contribution in [0.1, 0.15) is 6.42 Å². The number of thioether (sulfide) groups is 1. The van der Waals surface area contributed by atoms with Gasteiger partial charge in [-0.15, -0.1) is 0 Å². The number of hydrogen-bond donors (Lipinski definition) is 0. The molecule has 0 aliphatic heterocycles. The Labute approximate surface area is 151 Å². The minimum atomic E-state index is -0.0369. The molecule has 0 rings (SSSR count). The zero-order valence-electron chi connectivity index (χ0n) is 14.4. The van der Waals surface area contributed by atoms with Crippen molar-refractivity contribution in [1.29, 1.82) is 0 Å². The second-order valence-electron chi connectivity index (χ2n) is 4.99. The van der Waals surface area contributed by atoms with Gasteiger partial charge in [-0.3, -0.25) is 0 Å². The van der Waals surface area contributed by atoms with Gasteiger partial charge in [-0.05, 0) is 0 Å². The number of hydrogen-bond acceptors (Lipinski definition) is 5. The van der Waals surface area contributed by atoms with E-state index in [2.05, 4.69) is 38.2 Å². The summed E-state index contributed by atoms with van der Waals surface area (Å²) in [5.74, 6) is 1.68. The molecule has 0 aliphatic carbocycles. The number of nitrogens with zero attached hydrogens (tertiary/aromatic N) is 4. The maximum absolute atomic E-state index is 11.8. The number of carbonyl (C=O) groups is 2. The normalized spacial score (nSPS) is 9.75. The Morgan fingerprint density at radius 1 is 0.917 bits per heavy atom. The molecule has 0 bridgehead atoms. The molecular weight excluding hydrogens is 322 g/mol. The van der Waals surface area contributed by atoms with Gasteiger partial charge < -0.3 is 0 Å². The van der Waals surface area contributed by atoms with Crippen molar-refractivity contribution in [3.63, 3.8) is 0 Å². The van der Waals surface area contributed by atoms with E-state index in [-0.39, 0.29) is 24.9 Å². The molecule has 2 amide bonds. The van der Waals surface area contributed by atoms with Crippen LogP contribution in [-0.4, -0.2) is 87.7 Å². The summed E-state index contributed by atoms with van der Waals surface area (Å²) in [6.45, 7) is 9.91.